The van der Waals surface area contributed by atoms with Crippen molar-refractivity contribution in [3.8, 4) is 0 Å². The summed E-state index contributed by atoms with van der Waals surface area (Å²) in [5.41, 5.74) is 5.88. The Kier molecular flexibility index (Phi) is 4.58. The Bertz CT molecular complexity index is 457. The van der Waals surface area contributed by atoms with Gasteiger partial charge in [0.25, 0.3) is 0 Å². The summed E-state index contributed by atoms with van der Waals surface area (Å²) in [6.07, 6.45) is -1.04. The highest BCUT2D eigenvalue weighted by Crippen LogP contribution is 2.40. The van der Waals surface area contributed by atoms with E-state index in [4.69, 9.17) is 5.73 Å². The van der Waals surface area contributed by atoms with Gasteiger partial charge in [-0.2, -0.15) is 13.2 Å². The van der Waals surface area contributed by atoms with Crippen molar-refractivity contribution in [3.63, 3.8) is 0 Å². The van der Waals surface area contributed by atoms with Gasteiger partial charge >= 0.3 is 6.18 Å². The van der Waals surface area contributed by atoms with Crippen LogP contribution in [0, 0.1) is 0 Å². The van der Waals surface area contributed by atoms with Crippen LogP contribution in [0.4, 0.5) is 18.9 Å². The van der Waals surface area contributed by atoms with Crippen LogP contribution in [0.15, 0.2) is 18.2 Å². The van der Waals surface area contributed by atoms with Gasteiger partial charge in [0, 0.05) is 18.3 Å². The predicted octanol–water partition coefficient (Wildman–Crippen LogP) is 3.59. The summed E-state index contributed by atoms with van der Waals surface area (Å²) in [4.78, 5) is 1.91. The normalized spacial score (nSPS) is 19.6. The summed E-state index contributed by atoms with van der Waals surface area (Å²) in [6.45, 7) is 3.09. The van der Waals surface area contributed by atoms with Crippen molar-refractivity contribution in [2.45, 2.75) is 44.8 Å². The van der Waals surface area contributed by atoms with Crippen LogP contribution in [0.1, 0.15) is 37.3 Å². The Hall–Kier alpha value is -1.23. The van der Waals surface area contributed by atoms with Gasteiger partial charge in [0.2, 0.25) is 0 Å². The van der Waals surface area contributed by atoms with Crippen LogP contribution in [-0.2, 0) is 12.6 Å². The molecule has 1 heterocycles. The number of hydrogen-bond acceptors (Lipinski definition) is 2. The number of halogens is 3. The fraction of sp³-hybridized carbons (Fsp3) is 0.600. The minimum Gasteiger partial charge on any atom is -0.368 e. The van der Waals surface area contributed by atoms with Crippen LogP contribution in [0.25, 0.3) is 0 Å². The first-order valence-electron chi connectivity index (χ1n) is 7.14. The lowest BCUT2D eigenvalue weighted by atomic mass is 10.0. The Labute approximate surface area is 117 Å². The zero-order valence-corrected chi connectivity index (χ0v) is 11.7. The van der Waals surface area contributed by atoms with Gasteiger partial charge in [-0.3, -0.25) is 0 Å². The predicted molar refractivity (Wildman–Crippen MR) is 74.9 cm³/mol. The summed E-state index contributed by atoms with van der Waals surface area (Å²) < 4.78 is 39.9. The van der Waals surface area contributed by atoms with Crippen LogP contribution < -0.4 is 10.6 Å². The molecule has 1 aromatic rings. The highest BCUT2D eigenvalue weighted by molar-refractivity contribution is 5.58. The number of anilines is 1. The van der Waals surface area contributed by atoms with Crippen molar-refractivity contribution < 1.29 is 13.2 Å². The van der Waals surface area contributed by atoms with Crippen molar-refractivity contribution in [1.29, 1.82) is 0 Å². The SMILES string of the molecule is CCC1CCCN1c1ccc(CCN)cc1C(F)(F)F. The number of hydrogen-bond donors (Lipinski definition) is 1. The summed E-state index contributed by atoms with van der Waals surface area (Å²) in [5, 5.41) is 0. The third-order valence-electron chi connectivity index (χ3n) is 3.96. The lowest BCUT2D eigenvalue weighted by molar-refractivity contribution is -0.137. The van der Waals surface area contributed by atoms with Gasteiger partial charge in [0.15, 0.2) is 0 Å². The molecule has 5 heteroatoms. The molecule has 1 aromatic carbocycles. The maximum Gasteiger partial charge on any atom is 0.418 e. The highest BCUT2D eigenvalue weighted by atomic mass is 19.4. The Morgan fingerprint density at radius 1 is 1.35 bits per heavy atom. The zero-order valence-electron chi connectivity index (χ0n) is 11.7. The Morgan fingerprint density at radius 3 is 2.70 bits per heavy atom. The van der Waals surface area contributed by atoms with E-state index in [1.165, 1.54) is 6.07 Å². The smallest absolute Gasteiger partial charge is 0.368 e. The Balaban J connectivity index is 2.41. The molecule has 1 fully saturated rings. The van der Waals surface area contributed by atoms with Crippen molar-refractivity contribution in [2.24, 2.45) is 5.73 Å². The summed E-state index contributed by atoms with van der Waals surface area (Å²) in [7, 11) is 0. The molecule has 0 spiro atoms. The molecule has 1 aliphatic heterocycles. The van der Waals surface area contributed by atoms with Crippen LogP contribution in [-0.4, -0.2) is 19.1 Å². The lowest BCUT2D eigenvalue weighted by Crippen LogP contribution is -2.30. The second kappa shape index (κ2) is 6.04. The molecule has 1 aliphatic rings. The van der Waals surface area contributed by atoms with Crippen molar-refractivity contribution in [2.75, 3.05) is 18.0 Å². The first-order valence-corrected chi connectivity index (χ1v) is 7.14. The van der Waals surface area contributed by atoms with E-state index in [1.807, 2.05) is 11.8 Å². The molecule has 0 aromatic heterocycles. The minimum atomic E-state index is -4.32. The number of nitrogens with two attached hydrogens (primary N) is 1. The van der Waals surface area contributed by atoms with E-state index in [9.17, 15) is 13.2 Å². The van der Waals surface area contributed by atoms with E-state index >= 15 is 0 Å². The first kappa shape index (κ1) is 15.2. The molecule has 0 aliphatic carbocycles. The molecular formula is C15H21F3N2. The van der Waals surface area contributed by atoms with Crippen LogP contribution in [0.3, 0.4) is 0 Å². The molecule has 1 saturated heterocycles. The Morgan fingerprint density at radius 2 is 2.10 bits per heavy atom. The number of benzene rings is 1. The third-order valence-corrected chi connectivity index (χ3v) is 3.96. The van der Waals surface area contributed by atoms with E-state index in [0.29, 0.717) is 30.8 Å². The fourth-order valence-corrected chi connectivity index (χ4v) is 2.96. The van der Waals surface area contributed by atoms with Gasteiger partial charge in [-0.15, -0.1) is 0 Å². The van der Waals surface area contributed by atoms with E-state index in [-0.39, 0.29) is 6.04 Å². The van der Waals surface area contributed by atoms with Gasteiger partial charge in [-0.05, 0) is 49.9 Å². The van der Waals surface area contributed by atoms with Crippen LogP contribution in [0.5, 0.6) is 0 Å². The van der Waals surface area contributed by atoms with Crippen molar-refractivity contribution >= 4 is 5.69 Å². The molecule has 20 heavy (non-hydrogen) atoms. The first-order chi connectivity index (χ1) is 9.47. The molecule has 2 N–H and O–H groups in total. The lowest BCUT2D eigenvalue weighted by Gasteiger charge is -2.29. The molecule has 2 nitrogen and oxygen atoms in total. The molecule has 0 saturated carbocycles. The number of alkyl halides is 3. The highest BCUT2D eigenvalue weighted by Gasteiger charge is 2.37. The summed E-state index contributed by atoms with van der Waals surface area (Å²) in [6, 6.07) is 4.86. The van der Waals surface area contributed by atoms with Gasteiger partial charge < -0.3 is 10.6 Å². The van der Waals surface area contributed by atoms with Gasteiger partial charge in [0.1, 0.15) is 0 Å². The van der Waals surface area contributed by atoms with Crippen molar-refractivity contribution in [1.82, 2.24) is 0 Å². The number of rotatable bonds is 4. The van der Waals surface area contributed by atoms with E-state index in [2.05, 4.69) is 0 Å². The molecule has 0 amide bonds. The third kappa shape index (κ3) is 3.08. The molecule has 1 unspecified atom stereocenters. The molecule has 0 bridgehead atoms. The van der Waals surface area contributed by atoms with Crippen molar-refractivity contribution in [3.05, 3.63) is 29.3 Å². The van der Waals surface area contributed by atoms with Gasteiger partial charge in [0.05, 0.1) is 5.56 Å². The average molecular weight is 286 g/mol. The molecule has 112 valence electrons. The molecule has 0 radical (unpaired) electrons. The van der Waals surface area contributed by atoms with Crippen LogP contribution in [0.2, 0.25) is 0 Å². The molecular weight excluding hydrogens is 265 g/mol. The van der Waals surface area contributed by atoms with E-state index in [1.54, 1.807) is 12.1 Å². The summed E-state index contributed by atoms with van der Waals surface area (Å²) >= 11 is 0. The standard InChI is InChI=1S/C15H21F3N2/c1-2-12-4-3-9-20(12)14-6-5-11(7-8-19)10-13(14)15(16,17)18/h5-6,10,12H,2-4,7-9,19H2,1H3. The van der Waals surface area contributed by atoms with Gasteiger partial charge in [-0.25, -0.2) is 0 Å². The maximum atomic E-state index is 13.3. The largest absolute Gasteiger partial charge is 0.418 e. The van der Waals surface area contributed by atoms with E-state index in [0.717, 1.165) is 19.3 Å². The zero-order chi connectivity index (χ0) is 14.8. The van der Waals surface area contributed by atoms with Gasteiger partial charge in [-0.1, -0.05) is 13.0 Å². The maximum absolute atomic E-state index is 13.3. The number of nitrogens with zero attached hydrogens (tertiary/aromatic N) is 1. The second-order valence-electron chi connectivity index (χ2n) is 5.29. The molecule has 2 rings (SSSR count). The molecule has 1 atom stereocenters. The van der Waals surface area contributed by atoms with Crippen LogP contribution >= 0.6 is 0 Å². The quantitative estimate of drug-likeness (QED) is 0.916. The fourth-order valence-electron chi connectivity index (χ4n) is 2.96. The average Bonchev–Trinajstić information content (AvgIpc) is 2.86. The monoisotopic (exact) mass is 286 g/mol. The second-order valence-corrected chi connectivity index (χ2v) is 5.29. The topological polar surface area (TPSA) is 29.3 Å². The van der Waals surface area contributed by atoms with E-state index < -0.39 is 11.7 Å². The summed E-state index contributed by atoms with van der Waals surface area (Å²) in [5.74, 6) is 0. The minimum absolute atomic E-state index is 0.219.